The minimum atomic E-state index is -4.40. The first kappa shape index (κ1) is 22.8. The van der Waals surface area contributed by atoms with E-state index in [2.05, 4.69) is 15.0 Å². The fourth-order valence-corrected chi connectivity index (χ4v) is 3.55. The molecular formula is C23H23F4N5O. The van der Waals surface area contributed by atoms with Crippen LogP contribution in [0.15, 0.2) is 48.9 Å². The van der Waals surface area contributed by atoms with Crippen LogP contribution in [0.3, 0.4) is 0 Å². The minimum absolute atomic E-state index is 0.0839. The van der Waals surface area contributed by atoms with Crippen LogP contribution in [0.4, 0.5) is 29.2 Å². The molecule has 1 aromatic carbocycles. The lowest BCUT2D eigenvalue weighted by Crippen LogP contribution is -2.29. The highest BCUT2D eigenvalue weighted by atomic mass is 19.4. The Morgan fingerprint density at radius 3 is 2.18 bits per heavy atom. The number of hydrogen-bond acceptors (Lipinski definition) is 6. The average Bonchev–Trinajstić information content (AvgIpc) is 3.63. The molecule has 0 atom stereocenters. The molecule has 2 aromatic heterocycles. The highest BCUT2D eigenvalue weighted by Gasteiger charge is 2.34. The summed E-state index contributed by atoms with van der Waals surface area (Å²) in [5.41, 5.74) is 0.781. The van der Waals surface area contributed by atoms with Crippen molar-refractivity contribution >= 4 is 11.6 Å². The zero-order valence-corrected chi connectivity index (χ0v) is 18.2. The van der Waals surface area contributed by atoms with Crippen LogP contribution in [0.2, 0.25) is 0 Å². The maximum atomic E-state index is 15.5. The first-order valence-corrected chi connectivity index (χ1v) is 10.4. The summed E-state index contributed by atoms with van der Waals surface area (Å²) >= 11 is 0. The van der Waals surface area contributed by atoms with Crippen molar-refractivity contribution in [1.29, 1.82) is 0 Å². The van der Waals surface area contributed by atoms with Crippen molar-refractivity contribution in [3.63, 3.8) is 0 Å². The fourth-order valence-electron chi connectivity index (χ4n) is 3.55. The minimum Gasteiger partial charge on any atom is -0.481 e. The van der Waals surface area contributed by atoms with Crippen molar-refractivity contribution in [1.82, 2.24) is 15.0 Å². The van der Waals surface area contributed by atoms with E-state index in [1.165, 1.54) is 25.6 Å². The van der Waals surface area contributed by atoms with Gasteiger partial charge in [0.2, 0.25) is 11.7 Å². The van der Waals surface area contributed by atoms with Gasteiger partial charge in [-0.1, -0.05) is 18.2 Å². The van der Waals surface area contributed by atoms with E-state index in [4.69, 9.17) is 4.74 Å². The molecule has 174 valence electrons. The van der Waals surface area contributed by atoms with E-state index >= 15 is 4.39 Å². The molecule has 6 nitrogen and oxygen atoms in total. The molecule has 0 amide bonds. The third-order valence-electron chi connectivity index (χ3n) is 5.43. The number of methoxy groups -OCH3 is 1. The number of halogens is 4. The Balaban J connectivity index is 1.54. The fraction of sp³-hybridized carbons (Fsp3) is 0.348. The normalized spacial score (nSPS) is 13.6. The summed E-state index contributed by atoms with van der Waals surface area (Å²) in [7, 11) is 3.25. The van der Waals surface area contributed by atoms with Gasteiger partial charge in [0.1, 0.15) is 6.33 Å². The molecule has 10 heteroatoms. The standard InChI is InChI=1S/C23H23F4N5O/c1-31(12-16-5-10-19(33-2)28-11-16)21-20(24)22(30-14-29-21)32(18-8-9-18)13-15-3-6-17(7-4-15)23(25,26)27/h3-7,10-11,14,18H,8-9,12-13H2,1-2H3. The van der Waals surface area contributed by atoms with Crippen molar-refractivity contribution in [3.8, 4) is 5.88 Å². The number of aromatic nitrogens is 3. The Bertz CT molecular complexity index is 1090. The van der Waals surface area contributed by atoms with E-state index in [9.17, 15) is 13.2 Å². The quantitative estimate of drug-likeness (QED) is 0.448. The largest absolute Gasteiger partial charge is 0.481 e. The molecular weight excluding hydrogens is 438 g/mol. The molecule has 0 bridgehead atoms. The Kier molecular flexibility index (Phi) is 6.35. The lowest BCUT2D eigenvalue weighted by atomic mass is 10.1. The maximum absolute atomic E-state index is 15.5. The van der Waals surface area contributed by atoms with Crippen LogP contribution in [0.25, 0.3) is 0 Å². The second kappa shape index (κ2) is 9.21. The highest BCUT2D eigenvalue weighted by molar-refractivity contribution is 5.54. The summed E-state index contributed by atoms with van der Waals surface area (Å²) in [6, 6.07) is 8.56. The van der Waals surface area contributed by atoms with Gasteiger partial charge in [0, 0.05) is 38.4 Å². The van der Waals surface area contributed by atoms with Crippen molar-refractivity contribution < 1.29 is 22.3 Å². The molecule has 0 N–H and O–H groups in total. The number of alkyl halides is 3. The van der Waals surface area contributed by atoms with Gasteiger partial charge in [-0.2, -0.15) is 17.6 Å². The van der Waals surface area contributed by atoms with E-state index in [-0.39, 0.29) is 24.2 Å². The molecule has 0 aliphatic heterocycles. The van der Waals surface area contributed by atoms with Gasteiger partial charge < -0.3 is 14.5 Å². The van der Waals surface area contributed by atoms with E-state index in [0.29, 0.717) is 18.0 Å². The first-order chi connectivity index (χ1) is 15.8. The van der Waals surface area contributed by atoms with Crippen LogP contribution in [-0.4, -0.2) is 35.2 Å². The summed E-state index contributed by atoms with van der Waals surface area (Å²) in [6.45, 7) is 0.620. The molecule has 33 heavy (non-hydrogen) atoms. The smallest absolute Gasteiger partial charge is 0.416 e. The summed E-state index contributed by atoms with van der Waals surface area (Å²) < 4.78 is 59.1. The van der Waals surface area contributed by atoms with Gasteiger partial charge in [0.15, 0.2) is 11.6 Å². The van der Waals surface area contributed by atoms with Crippen molar-refractivity contribution in [2.75, 3.05) is 24.0 Å². The van der Waals surface area contributed by atoms with Crippen molar-refractivity contribution in [2.24, 2.45) is 0 Å². The summed E-state index contributed by atoms with van der Waals surface area (Å²) in [6.07, 6.45) is 0.293. The molecule has 0 radical (unpaired) electrons. The SMILES string of the molecule is COc1ccc(CN(C)c2ncnc(N(Cc3ccc(C(F)(F)F)cc3)C3CC3)c2F)cn1. The molecule has 1 saturated carbocycles. The van der Waals surface area contributed by atoms with E-state index < -0.39 is 17.6 Å². The number of benzene rings is 1. The molecule has 0 saturated heterocycles. The number of ether oxygens (including phenoxy) is 1. The number of rotatable bonds is 8. The average molecular weight is 461 g/mol. The highest BCUT2D eigenvalue weighted by Crippen LogP contribution is 2.36. The molecule has 1 aliphatic carbocycles. The second-order valence-electron chi connectivity index (χ2n) is 7.95. The van der Waals surface area contributed by atoms with E-state index in [1.54, 1.807) is 29.1 Å². The lowest BCUT2D eigenvalue weighted by molar-refractivity contribution is -0.137. The third-order valence-corrected chi connectivity index (χ3v) is 5.43. The van der Waals surface area contributed by atoms with Gasteiger partial charge in [0.05, 0.1) is 12.7 Å². The van der Waals surface area contributed by atoms with E-state index in [0.717, 1.165) is 30.5 Å². The Labute approximate surface area is 188 Å². The van der Waals surface area contributed by atoms with Gasteiger partial charge in [-0.05, 0) is 36.1 Å². The Morgan fingerprint density at radius 1 is 0.939 bits per heavy atom. The summed E-state index contributed by atoms with van der Waals surface area (Å²) in [5.74, 6) is 0.191. The number of pyridine rings is 1. The Hall–Kier alpha value is -3.43. The molecule has 0 spiro atoms. The van der Waals surface area contributed by atoms with Crippen LogP contribution in [0.1, 0.15) is 29.5 Å². The zero-order chi connectivity index (χ0) is 23.6. The predicted octanol–water partition coefficient (Wildman–Crippen LogP) is 4.84. The molecule has 1 aliphatic rings. The molecule has 3 aromatic rings. The summed E-state index contributed by atoms with van der Waals surface area (Å²) in [4.78, 5) is 15.9. The van der Waals surface area contributed by atoms with Gasteiger partial charge in [-0.25, -0.2) is 15.0 Å². The lowest BCUT2D eigenvalue weighted by Gasteiger charge is -2.26. The monoisotopic (exact) mass is 461 g/mol. The molecule has 0 unspecified atom stereocenters. The van der Waals surface area contributed by atoms with Gasteiger partial charge in [0.25, 0.3) is 0 Å². The molecule has 1 fully saturated rings. The first-order valence-electron chi connectivity index (χ1n) is 10.4. The van der Waals surface area contributed by atoms with Gasteiger partial charge >= 0.3 is 6.18 Å². The Morgan fingerprint density at radius 2 is 1.61 bits per heavy atom. The topological polar surface area (TPSA) is 54.4 Å². The maximum Gasteiger partial charge on any atom is 0.416 e. The number of nitrogens with zero attached hydrogens (tertiary/aromatic N) is 5. The summed E-state index contributed by atoms with van der Waals surface area (Å²) in [5, 5.41) is 0. The van der Waals surface area contributed by atoms with Gasteiger partial charge in [-0.3, -0.25) is 0 Å². The van der Waals surface area contributed by atoms with Crippen LogP contribution in [0, 0.1) is 5.82 Å². The number of anilines is 2. The van der Waals surface area contributed by atoms with E-state index in [1.807, 2.05) is 6.07 Å². The van der Waals surface area contributed by atoms with Crippen LogP contribution in [0.5, 0.6) is 5.88 Å². The van der Waals surface area contributed by atoms with Crippen LogP contribution < -0.4 is 14.5 Å². The third kappa shape index (κ3) is 5.32. The number of hydrogen-bond donors (Lipinski definition) is 0. The van der Waals surface area contributed by atoms with Crippen molar-refractivity contribution in [2.45, 2.75) is 38.1 Å². The van der Waals surface area contributed by atoms with Crippen molar-refractivity contribution in [3.05, 3.63) is 71.4 Å². The molecule has 4 rings (SSSR count). The van der Waals surface area contributed by atoms with Gasteiger partial charge in [-0.15, -0.1) is 0 Å². The molecule has 2 heterocycles. The van der Waals surface area contributed by atoms with Crippen LogP contribution >= 0.6 is 0 Å². The van der Waals surface area contributed by atoms with Crippen LogP contribution in [-0.2, 0) is 19.3 Å². The zero-order valence-electron chi connectivity index (χ0n) is 18.2. The second-order valence-corrected chi connectivity index (χ2v) is 7.95. The predicted molar refractivity (Wildman–Crippen MR) is 116 cm³/mol.